The number of fused-ring (bicyclic) bond motifs is 3. The lowest BCUT2D eigenvalue weighted by Gasteiger charge is -2.49. The van der Waals surface area contributed by atoms with Gasteiger partial charge in [0.1, 0.15) is 0 Å². The highest BCUT2D eigenvalue weighted by molar-refractivity contribution is 7.15. The van der Waals surface area contributed by atoms with E-state index in [1.807, 2.05) is 4.90 Å². The number of hydrogen-bond donors (Lipinski definition) is 1. The van der Waals surface area contributed by atoms with Gasteiger partial charge in [-0.25, -0.2) is 9.78 Å². The van der Waals surface area contributed by atoms with Crippen LogP contribution in [-0.2, 0) is 29.7 Å². The molecule has 2 aromatic rings. The summed E-state index contributed by atoms with van der Waals surface area (Å²) in [6.45, 7) is 2.82. The molecule has 1 aliphatic carbocycles. The number of hydrogen-bond acceptors (Lipinski definition) is 4. The van der Waals surface area contributed by atoms with Crippen molar-refractivity contribution >= 4 is 22.5 Å². The summed E-state index contributed by atoms with van der Waals surface area (Å²) in [5.74, 6) is 0. The first-order valence-electron chi connectivity index (χ1n) is 8.94. The van der Waals surface area contributed by atoms with Crippen LogP contribution < -0.4 is 5.32 Å². The largest absolute Gasteiger partial charge is 0.375 e. The van der Waals surface area contributed by atoms with Gasteiger partial charge in [-0.05, 0) is 24.0 Å². The van der Waals surface area contributed by atoms with Crippen molar-refractivity contribution in [3.05, 3.63) is 46.0 Å². The molecule has 5 nitrogen and oxygen atoms in total. The Balaban J connectivity index is 1.37. The molecule has 5 rings (SSSR count). The van der Waals surface area contributed by atoms with Crippen LogP contribution in [0, 0.1) is 0 Å². The van der Waals surface area contributed by atoms with Crippen LogP contribution in [-0.4, -0.2) is 29.1 Å². The van der Waals surface area contributed by atoms with E-state index < -0.39 is 0 Å². The van der Waals surface area contributed by atoms with Crippen molar-refractivity contribution in [1.29, 1.82) is 0 Å². The van der Waals surface area contributed by atoms with Gasteiger partial charge in [-0.3, -0.25) is 5.32 Å². The Labute approximate surface area is 151 Å². The normalized spacial score (nSPS) is 20.6. The lowest BCUT2D eigenvalue weighted by atomic mass is 9.61. The molecule has 0 unspecified atom stereocenters. The molecule has 1 aromatic heterocycles. The Hall–Kier alpha value is -1.92. The minimum Gasteiger partial charge on any atom is -0.375 e. The van der Waals surface area contributed by atoms with Crippen LogP contribution in [0.2, 0.25) is 0 Å². The van der Waals surface area contributed by atoms with Crippen LogP contribution in [0.1, 0.15) is 41.0 Å². The number of nitrogens with zero attached hydrogens (tertiary/aromatic N) is 2. The fraction of sp³-hybridized carbons (Fsp3) is 0.474. The van der Waals surface area contributed by atoms with Crippen molar-refractivity contribution in [2.45, 2.75) is 44.2 Å². The third-order valence-corrected chi connectivity index (χ3v) is 6.74. The fourth-order valence-electron chi connectivity index (χ4n) is 4.31. The second kappa shape index (κ2) is 5.81. The van der Waals surface area contributed by atoms with Gasteiger partial charge in [0.25, 0.3) is 0 Å². The number of carbonyl (C=O) groups is 1. The van der Waals surface area contributed by atoms with E-state index in [2.05, 4.69) is 34.6 Å². The summed E-state index contributed by atoms with van der Waals surface area (Å²) >= 11 is 1.54. The quantitative estimate of drug-likeness (QED) is 0.849. The zero-order valence-electron chi connectivity index (χ0n) is 14.1. The van der Waals surface area contributed by atoms with E-state index in [0.29, 0.717) is 18.3 Å². The smallest absolute Gasteiger partial charge is 0.323 e. The number of nitrogens with one attached hydrogen (secondary N) is 1. The lowest BCUT2D eigenvalue weighted by Crippen LogP contribution is -2.52. The maximum Gasteiger partial charge on any atom is 0.323 e. The van der Waals surface area contributed by atoms with E-state index in [9.17, 15) is 4.79 Å². The molecule has 6 heteroatoms. The van der Waals surface area contributed by atoms with Crippen LogP contribution in [0.25, 0.3) is 0 Å². The molecule has 1 saturated carbocycles. The van der Waals surface area contributed by atoms with Crippen molar-refractivity contribution in [1.82, 2.24) is 9.88 Å². The number of ether oxygens (including phenoxy) is 1. The third-order valence-electron chi connectivity index (χ3n) is 5.75. The molecule has 1 spiro atoms. The number of aromatic nitrogens is 1. The number of benzene rings is 1. The molecule has 130 valence electrons. The van der Waals surface area contributed by atoms with Gasteiger partial charge in [-0.2, -0.15) is 0 Å². The first-order valence-corrected chi connectivity index (χ1v) is 9.76. The van der Waals surface area contributed by atoms with Gasteiger partial charge in [0.05, 0.1) is 23.8 Å². The Morgan fingerprint density at radius 2 is 2.20 bits per heavy atom. The van der Waals surface area contributed by atoms with Crippen molar-refractivity contribution in [2.24, 2.45) is 0 Å². The zero-order valence-corrected chi connectivity index (χ0v) is 14.9. The molecule has 3 aliphatic rings. The van der Waals surface area contributed by atoms with E-state index in [0.717, 1.165) is 30.1 Å². The van der Waals surface area contributed by atoms with E-state index in [4.69, 9.17) is 4.74 Å². The summed E-state index contributed by atoms with van der Waals surface area (Å²) in [6.07, 6.45) is 4.44. The van der Waals surface area contributed by atoms with Gasteiger partial charge in [-0.1, -0.05) is 42.0 Å². The Kier molecular flexibility index (Phi) is 3.57. The first kappa shape index (κ1) is 15.3. The predicted molar refractivity (Wildman–Crippen MR) is 96.9 cm³/mol. The Morgan fingerprint density at radius 1 is 1.32 bits per heavy atom. The number of carbonyl (C=O) groups excluding carboxylic acids is 1. The average Bonchev–Trinajstić information content (AvgIpc) is 3.01. The van der Waals surface area contributed by atoms with E-state index in [1.54, 1.807) is 0 Å². The highest BCUT2D eigenvalue weighted by atomic mass is 32.1. The SMILES string of the molecule is O=C(Nc1nc2c(s1)COCC2)N1Cc2ccccc2C2(CCC2)C1. The summed E-state index contributed by atoms with van der Waals surface area (Å²) in [4.78, 5) is 20.5. The Morgan fingerprint density at radius 3 is 3.00 bits per heavy atom. The molecule has 0 atom stereocenters. The molecule has 1 aromatic carbocycles. The molecule has 1 N–H and O–H groups in total. The summed E-state index contributed by atoms with van der Waals surface area (Å²) in [7, 11) is 0. The van der Waals surface area contributed by atoms with Crippen molar-refractivity contribution in [3.8, 4) is 0 Å². The molecule has 25 heavy (non-hydrogen) atoms. The third kappa shape index (κ3) is 2.55. The minimum atomic E-state index is -0.0345. The molecule has 3 heterocycles. The topological polar surface area (TPSA) is 54.5 Å². The van der Waals surface area contributed by atoms with Crippen LogP contribution in [0.5, 0.6) is 0 Å². The predicted octanol–water partition coefficient (Wildman–Crippen LogP) is 3.69. The number of thiazole rings is 1. The molecule has 0 radical (unpaired) electrons. The summed E-state index contributed by atoms with van der Waals surface area (Å²) in [5.41, 5.74) is 3.98. The van der Waals surface area contributed by atoms with Gasteiger partial charge in [-0.15, -0.1) is 0 Å². The van der Waals surface area contributed by atoms with Gasteiger partial charge >= 0.3 is 6.03 Å². The maximum atomic E-state index is 12.9. The van der Waals surface area contributed by atoms with E-state index >= 15 is 0 Å². The second-order valence-corrected chi connectivity index (χ2v) is 8.35. The van der Waals surface area contributed by atoms with E-state index in [-0.39, 0.29) is 11.4 Å². The highest BCUT2D eigenvalue weighted by Gasteiger charge is 2.45. The first-order chi connectivity index (χ1) is 12.2. The highest BCUT2D eigenvalue weighted by Crippen LogP contribution is 2.48. The molecular weight excluding hydrogens is 334 g/mol. The van der Waals surface area contributed by atoms with Gasteiger partial charge in [0.15, 0.2) is 5.13 Å². The lowest BCUT2D eigenvalue weighted by molar-refractivity contribution is 0.112. The molecule has 2 aliphatic heterocycles. The minimum absolute atomic E-state index is 0.0345. The number of amides is 2. The van der Waals surface area contributed by atoms with Gasteiger partial charge in [0, 0.05) is 24.9 Å². The number of urea groups is 1. The average molecular weight is 355 g/mol. The van der Waals surface area contributed by atoms with E-state index in [1.165, 1.54) is 41.7 Å². The zero-order chi connectivity index (χ0) is 16.9. The standard InChI is InChI=1S/C19H21N3O2S/c23-18(21-17-20-15-6-9-24-11-16(15)25-17)22-10-13-4-1-2-5-14(13)19(12-22)7-3-8-19/h1-2,4-5H,3,6-12H2,(H,20,21,23). The van der Waals surface area contributed by atoms with Crippen LogP contribution in [0.3, 0.4) is 0 Å². The molecule has 1 fully saturated rings. The van der Waals surface area contributed by atoms with Crippen molar-refractivity contribution < 1.29 is 9.53 Å². The number of rotatable bonds is 1. The summed E-state index contributed by atoms with van der Waals surface area (Å²) in [6, 6.07) is 8.57. The van der Waals surface area contributed by atoms with Gasteiger partial charge < -0.3 is 9.64 Å². The Bertz CT molecular complexity index is 804. The number of anilines is 1. The summed E-state index contributed by atoms with van der Waals surface area (Å²) in [5, 5.41) is 3.72. The molecular formula is C19H21N3O2S. The molecule has 0 saturated heterocycles. The summed E-state index contributed by atoms with van der Waals surface area (Å²) < 4.78 is 5.47. The second-order valence-electron chi connectivity index (χ2n) is 7.27. The van der Waals surface area contributed by atoms with Crippen LogP contribution in [0.4, 0.5) is 9.93 Å². The van der Waals surface area contributed by atoms with Crippen molar-refractivity contribution in [3.63, 3.8) is 0 Å². The maximum absolute atomic E-state index is 12.9. The molecule has 2 amide bonds. The monoisotopic (exact) mass is 355 g/mol. The molecule has 0 bridgehead atoms. The van der Waals surface area contributed by atoms with Crippen LogP contribution >= 0.6 is 11.3 Å². The van der Waals surface area contributed by atoms with Crippen LogP contribution in [0.15, 0.2) is 24.3 Å². The van der Waals surface area contributed by atoms with Gasteiger partial charge in [0.2, 0.25) is 0 Å². The van der Waals surface area contributed by atoms with Crippen molar-refractivity contribution in [2.75, 3.05) is 18.5 Å². The fourth-order valence-corrected chi connectivity index (χ4v) is 5.25.